The van der Waals surface area contributed by atoms with Gasteiger partial charge in [-0.05, 0) is 0 Å². The van der Waals surface area contributed by atoms with Crippen LogP contribution in [0.4, 0.5) is 0 Å². The van der Waals surface area contributed by atoms with Gasteiger partial charge in [-0.15, -0.1) is 0 Å². The number of halogens is 2. The molecule has 1 rings (SSSR count). The third-order valence-corrected chi connectivity index (χ3v) is 2.20. The summed E-state index contributed by atoms with van der Waals surface area (Å²) in [4.78, 5) is 10.2. The zero-order chi connectivity index (χ0) is 11.3. The van der Waals surface area contributed by atoms with Gasteiger partial charge in [0.15, 0.2) is 10.6 Å². The molecule has 0 spiro atoms. The topological polar surface area (TPSA) is 26.3 Å². The van der Waals surface area contributed by atoms with Gasteiger partial charge in [-0.1, -0.05) is 53.5 Å². The largest absolute Gasteiger partial charge is 0.496 e. The highest BCUT2D eigenvalue weighted by atomic mass is 35.5. The molecule has 2 nitrogen and oxygen atoms in total. The normalized spacial score (nSPS) is 11.6. The minimum Gasteiger partial charge on any atom is -0.496 e. The van der Waals surface area contributed by atoms with Gasteiger partial charge in [0.2, 0.25) is 0 Å². The Morgan fingerprint density at radius 3 is 2.40 bits per heavy atom. The van der Waals surface area contributed by atoms with Crippen molar-refractivity contribution in [1.29, 1.82) is 0 Å². The number of rotatable bonds is 4. The fourth-order valence-corrected chi connectivity index (χ4v) is 1.18. The van der Waals surface area contributed by atoms with E-state index in [1.54, 1.807) is 0 Å². The highest BCUT2D eigenvalue weighted by Crippen LogP contribution is 2.16. The minimum absolute atomic E-state index is 0.390. The second-order valence-corrected chi connectivity index (χ2v) is 3.88. The molecule has 0 aliphatic rings. The van der Waals surface area contributed by atoms with Crippen molar-refractivity contribution in [1.82, 2.24) is 0 Å². The summed E-state index contributed by atoms with van der Waals surface area (Å²) in [6.07, 6.45) is 1.29. The highest BCUT2D eigenvalue weighted by molar-refractivity contribution is 6.55. The monoisotopic (exact) mass is 244 g/mol. The number of carbonyl (C=O) groups is 1. The number of benzene rings is 1. The molecule has 0 heterocycles. The van der Waals surface area contributed by atoms with E-state index in [4.69, 9.17) is 27.9 Å². The zero-order valence-electron chi connectivity index (χ0n) is 8.11. The van der Waals surface area contributed by atoms with E-state index in [0.29, 0.717) is 5.76 Å². The molecular weight excluding hydrogens is 235 g/mol. The van der Waals surface area contributed by atoms with E-state index < -0.39 is 4.84 Å². The maximum absolute atomic E-state index is 11.3. The van der Waals surface area contributed by atoms with Crippen LogP contribution in [0.1, 0.15) is 5.56 Å². The van der Waals surface area contributed by atoms with E-state index in [2.05, 4.69) is 0 Å². The molecule has 0 radical (unpaired) electrons. The summed E-state index contributed by atoms with van der Waals surface area (Å²) in [6.45, 7) is 0. The first-order valence-electron chi connectivity index (χ1n) is 4.28. The van der Waals surface area contributed by atoms with Crippen LogP contribution in [0, 0.1) is 0 Å². The van der Waals surface area contributed by atoms with Crippen LogP contribution in [0.25, 0.3) is 5.76 Å². The summed E-state index contributed by atoms with van der Waals surface area (Å²) < 4.78 is 5.08. The van der Waals surface area contributed by atoms with Gasteiger partial charge in [-0.2, -0.15) is 0 Å². The Morgan fingerprint density at radius 2 is 1.93 bits per heavy atom. The number of methoxy groups -OCH3 is 1. The Balaban J connectivity index is 2.95. The summed E-state index contributed by atoms with van der Waals surface area (Å²) in [5.74, 6) is 0.0611. The first-order chi connectivity index (χ1) is 7.15. The van der Waals surface area contributed by atoms with E-state index >= 15 is 0 Å². The van der Waals surface area contributed by atoms with Crippen LogP contribution in [0.5, 0.6) is 0 Å². The molecule has 4 heteroatoms. The predicted octanol–water partition coefficient (Wildman–Crippen LogP) is 3.05. The molecule has 0 bridgehead atoms. The standard InChI is InChI=1S/C11H10Cl2O2/c1-15-10(7-9(14)11(12)13)8-5-3-2-4-6-8/h2-7,11H,1H3/b10-7-. The molecule has 0 unspecified atom stereocenters. The number of alkyl halides is 2. The van der Waals surface area contributed by atoms with Gasteiger partial charge in [0, 0.05) is 11.6 Å². The molecule has 0 N–H and O–H groups in total. The van der Waals surface area contributed by atoms with E-state index in [1.165, 1.54) is 13.2 Å². The summed E-state index contributed by atoms with van der Waals surface area (Å²) in [5.41, 5.74) is 0.808. The zero-order valence-corrected chi connectivity index (χ0v) is 9.63. The number of hydrogen-bond donors (Lipinski definition) is 0. The molecule has 15 heavy (non-hydrogen) atoms. The van der Waals surface area contributed by atoms with Gasteiger partial charge in [0.05, 0.1) is 7.11 Å². The Labute approximate surface area is 98.4 Å². The van der Waals surface area contributed by atoms with Crippen molar-refractivity contribution in [3.8, 4) is 0 Å². The van der Waals surface area contributed by atoms with Crippen molar-refractivity contribution in [3.05, 3.63) is 42.0 Å². The van der Waals surface area contributed by atoms with Crippen molar-refractivity contribution in [2.24, 2.45) is 0 Å². The van der Waals surface area contributed by atoms with Gasteiger partial charge in [0.25, 0.3) is 0 Å². The van der Waals surface area contributed by atoms with Crippen LogP contribution in [0.2, 0.25) is 0 Å². The Morgan fingerprint density at radius 1 is 1.33 bits per heavy atom. The summed E-state index contributed by atoms with van der Waals surface area (Å²) in [5, 5.41) is 0. The van der Waals surface area contributed by atoms with Gasteiger partial charge in [-0.3, -0.25) is 4.79 Å². The van der Waals surface area contributed by atoms with Crippen molar-refractivity contribution < 1.29 is 9.53 Å². The summed E-state index contributed by atoms with van der Waals surface area (Å²) in [7, 11) is 1.49. The number of ketones is 1. The first-order valence-corrected chi connectivity index (χ1v) is 5.15. The SMILES string of the molecule is CO/C(=C\C(=O)C(Cl)Cl)c1ccccc1. The lowest BCUT2D eigenvalue weighted by Crippen LogP contribution is -2.05. The molecular formula is C11H10Cl2O2. The third kappa shape index (κ3) is 3.57. The van der Waals surface area contributed by atoms with E-state index in [1.807, 2.05) is 30.3 Å². The van der Waals surface area contributed by atoms with E-state index in [-0.39, 0.29) is 5.78 Å². The third-order valence-electron chi connectivity index (χ3n) is 1.77. The smallest absolute Gasteiger partial charge is 0.192 e. The molecule has 80 valence electrons. The van der Waals surface area contributed by atoms with Crippen LogP contribution in [0.3, 0.4) is 0 Å². The Hall–Kier alpha value is -0.990. The molecule has 0 fully saturated rings. The van der Waals surface area contributed by atoms with Gasteiger partial charge in [0.1, 0.15) is 5.76 Å². The summed E-state index contributed by atoms with van der Waals surface area (Å²) in [6, 6.07) is 9.25. The predicted molar refractivity (Wildman–Crippen MR) is 61.9 cm³/mol. The second kappa shape index (κ2) is 5.79. The van der Waals surface area contributed by atoms with E-state index in [9.17, 15) is 4.79 Å². The maximum Gasteiger partial charge on any atom is 0.192 e. The lowest BCUT2D eigenvalue weighted by Gasteiger charge is -2.05. The average Bonchev–Trinajstić information content (AvgIpc) is 2.26. The molecule has 0 saturated heterocycles. The van der Waals surface area contributed by atoms with Crippen molar-refractivity contribution >= 4 is 34.7 Å². The highest BCUT2D eigenvalue weighted by Gasteiger charge is 2.11. The van der Waals surface area contributed by atoms with Gasteiger partial charge < -0.3 is 4.74 Å². The van der Waals surface area contributed by atoms with Crippen LogP contribution >= 0.6 is 23.2 Å². The number of carbonyl (C=O) groups excluding carboxylic acids is 1. The van der Waals surface area contributed by atoms with Crippen molar-refractivity contribution in [3.63, 3.8) is 0 Å². The lowest BCUT2D eigenvalue weighted by molar-refractivity contribution is -0.113. The molecule has 0 amide bonds. The average molecular weight is 245 g/mol. The molecule has 1 aromatic rings. The molecule has 0 aliphatic carbocycles. The van der Waals surface area contributed by atoms with E-state index in [0.717, 1.165) is 5.56 Å². The quantitative estimate of drug-likeness (QED) is 0.463. The fraction of sp³-hybridized carbons (Fsp3) is 0.182. The maximum atomic E-state index is 11.3. The Kier molecular flexibility index (Phi) is 4.66. The molecule has 1 aromatic carbocycles. The second-order valence-electron chi connectivity index (χ2n) is 2.78. The minimum atomic E-state index is -1.06. The van der Waals surface area contributed by atoms with Crippen molar-refractivity contribution in [2.45, 2.75) is 4.84 Å². The number of allylic oxidation sites excluding steroid dienone is 1. The first kappa shape index (κ1) is 12.1. The lowest BCUT2D eigenvalue weighted by atomic mass is 10.1. The van der Waals surface area contributed by atoms with Crippen LogP contribution in [0.15, 0.2) is 36.4 Å². The molecule has 0 aromatic heterocycles. The fourth-order valence-electron chi connectivity index (χ4n) is 1.05. The molecule has 0 saturated carbocycles. The Bertz CT molecular complexity index is 358. The van der Waals surface area contributed by atoms with Gasteiger partial charge >= 0.3 is 0 Å². The molecule has 0 aliphatic heterocycles. The van der Waals surface area contributed by atoms with Crippen LogP contribution in [-0.4, -0.2) is 17.7 Å². The number of ether oxygens (including phenoxy) is 1. The van der Waals surface area contributed by atoms with Gasteiger partial charge in [-0.25, -0.2) is 0 Å². The molecule has 0 atom stereocenters. The van der Waals surface area contributed by atoms with Crippen LogP contribution < -0.4 is 0 Å². The van der Waals surface area contributed by atoms with Crippen molar-refractivity contribution in [2.75, 3.05) is 7.11 Å². The van der Waals surface area contributed by atoms with Crippen LogP contribution in [-0.2, 0) is 9.53 Å². The number of hydrogen-bond acceptors (Lipinski definition) is 2. The summed E-state index contributed by atoms with van der Waals surface area (Å²) >= 11 is 10.9.